The molecule has 1 aromatic rings. The SMILES string of the molecule is CN1CCOC(=O)c2ccccc21. The maximum atomic E-state index is 11.4. The molecule has 1 aliphatic rings. The Kier molecular flexibility index (Phi) is 1.93. The van der Waals surface area contributed by atoms with Crippen LogP contribution in [-0.2, 0) is 4.74 Å². The Morgan fingerprint density at radius 1 is 1.38 bits per heavy atom. The van der Waals surface area contributed by atoms with Crippen molar-refractivity contribution in [2.75, 3.05) is 25.1 Å². The van der Waals surface area contributed by atoms with E-state index in [9.17, 15) is 4.79 Å². The van der Waals surface area contributed by atoms with E-state index in [4.69, 9.17) is 4.74 Å². The molecule has 1 aliphatic heterocycles. The number of anilines is 1. The molecular weight excluding hydrogens is 166 g/mol. The molecule has 0 radical (unpaired) electrons. The number of benzene rings is 1. The van der Waals surface area contributed by atoms with E-state index in [1.807, 2.05) is 30.1 Å². The highest BCUT2D eigenvalue weighted by Gasteiger charge is 2.18. The molecular formula is C10H11NO2. The molecule has 13 heavy (non-hydrogen) atoms. The molecule has 0 unspecified atom stereocenters. The molecule has 0 saturated heterocycles. The molecule has 0 bridgehead atoms. The maximum Gasteiger partial charge on any atom is 0.340 e. The van der Waals surface area contributed by atoms with Gasteiger partial charge in [-0.3, -0.25) is 0 Å². The van der Waals surface area contributed by atoms with Crippen molar-refractivity contribution in [1.29, 1.82) is 0 Å². The molecule has 0 saturated carbocycles. The minimum atomic E-state index is -0.222. The lowest BCUT2D eigenvalue weighted by Gasteiger charge is -2.16. The molecule has 2 rings (SSSR count). The number of ether oxygens (including phenoxy) is 1. The molecule has 0 N–H and O–H groups in total. The topological polar surface area (TPSA) is 29.5 Å². The largest absolute Gasteiger partial charge is 0.460 e. The summed E-state index contributed by atoms with van der Waals surface area (Å²) in [5.41, 5.74) is 1.60. The van der Waals surface area contributed by atoms with Gasteiger partial charge in [0.2, 0.25) is 0 Å². The third-order valence-corrected chi connectivity index (χ3v) is 2.20. The number of carbonyl (C=O) groups is 1. The van der Waals surface area contributed by atoms with Crippen LogP contribution in [0.15, 0.2) is 24.3 Å². The van der Waals surface area contributed by atoms with Crippen LogP contribution in [0.25, 0.3) is 0 Å². The third kappa shape index (κ3) is 1.37. The van der Waals surface area contributed by atoms with Crippen LogP contribution < -0.4 is 4.90 Å². The Balaban J connectivity index is 2.51. The van der Waals surface area contributed by atoms with Crippen molar-refractivity contribution in [2.45, 2.75) is 0 Å². The maximum absolute atomic E-state index is 11.4. The minimum absolute atomic E-state index is 0.222. The second kappa shape index (κ2) is 3.09. The van der Waals surface area contributed by atoms with E-state index in [1.165, 1.54) is 0 Å². The van der Waals surface area contributed by atoms with E-state index in [2.05, 4.69) is 0 Å². The number of likely N-dealkylation sites (N-methyl/N-ethyl adjacent to an activating group) is 1. The smallest absolute Gasteiger partial charge is 0.340 e. The number of esters is 1. The van der Waals surface area contributed by atoms with Gasteiger partial charge in [0.05, 0.1) is 17.8 Å². The first-order chi connectivity index (χ1) is 6.29. The first-order valence-electron chi connectivity index (χ1n) is 4.26. The molecule has 1 aromatic carbocycles. The van der Waals surface area contributed by atoms with Crippen molar-refractivity contribution in [3.63, 3.8) is 0 Å². The van der Waals surface area contributed by atoms with Gasteiger partial charge in [-0.05, 0) is 12.1 Å². The van der Waals surface area contributed by atoms with Crippen molar-refractivity contribution >= 4 is 11.7 Å². The molecule has 3 nitrogen and oxygen atoms in total. The number of nitrogens with zero attached hydrogens (tertiary/aromatic N) is 1. The van der Waals surface area contributed by atoms with Crippen molar-refractivity contribution in [2.24, 2.45) is 0 Å². The highest BCUT2D eigenvalue weighted by Crippen LogP contribution is 2.21. The van der Waals surface area contributed by atoms with E-state index >= 15 is 0 Å². The normalized spacial score (nSPS) is 16.1. The van der Waals surface area contributed by atoms with Crippen molar-refractivity contribution < 1.29 is 9.53 Å². The Morgan fingerprint density at radius 3 is 3.00 bits per heavy atom. The second-order valence-electron chi connectivity index (χ2n) is 3.07. The molecule has 3 heteroatoms. The van der Waals surface area contributed by atoms with Crippen LogP contribution >= 0.6 is 0 Å². The highest BCUT2D eigenvalue weighted by atomic mass is 16.5. The number of hydrogen-bond donors (Lipinski definition) is 0. The van der Waals surface area contributed by atoms with Gasteiger partial charge in [-0.25, -0.2) is 4.79 Å². The lowest BCUT2D eigenvalue weighted by atomic mass is 10.1. The molecule has 0 amide bonds. The summed E-state index contributed by atoms with van der Waals surface area (Å²) in [7, 11) is 1.96. The average Bonchev–Trinajstić information content (AvgIpc) is 2.29. The van der Waals surface area contributed by atoms with Gasteiger partial charge in [0, 0.05) is 7.05 Å². The number of para-hydroxylation sites is 1. The summed E-state index contributed by atoms with van der Waals surface area (Å²) in [4.78, 5) is 13.4. The van der Waals surface area contributed by atoms with Gasteiger partial charge in [-0.1, -0.05) is 12.1 Å². The number of cyclic esters (lactones) is 1. The molecule has 0 spiro atoms. The number of hydrogen-bond acceptors (Lipinski definition) is 3. The monoisotopic (exact) mass is 177 g/mol. The Hall–Kier alpha value is -1.51. The standard InChI is InChI=1S/C10H11NO2/c1-11-6-7-13-10(12)8-4-2-3-5-9(8)11/h2-5H,6-7H2,1H3. The van der Waals surface area contributed by atoms with Crippen LogP contribution in [0.5, 0.6) is 0 Å². The average molecular weight is 177 g/mol. The van der Waals surface area contributed by atoms with Crippen molar-refractivity contribution in [1.82, 2.24) is 0 Å². The summed E-state index contributed by atoms with van der Waals surface area (Å²) in [6, 6.07) is 7.49. The Bertz CT molecular complexity index is 335. The fraction of sp³-hybridized carbons (Fsp3) is 0.300. The number of carbonyl (C=O) groups excluding carboxylic acids is 1. The van der Waals surface area contributed by atoms with Crippen molar-refractivity contribution in [3.8, 4) is 0 Å². The predicted molar refractivity (Wildman–Crippen MR) is 50.0 cm³/mol. The van der Waals surface area contributed by atoms with E-state index in [0.717, 1.165) is 12.2 Å². The minimum Gasteiger partial charge on any atom is -0.460 e. The molecule has 0 atom stereocenters. The van der Waals surface area contributed by atoms with Gasteiger partial charge < -0.3 is 9.64 Å². The zero-order valence-electron chi connectivity index (χ0n) is 7.49. The van der Waals surface area contributed by atoms with Gasteiger partial charge in [0.15, 0.2) is 0 Å². The van der Waals surface area contributed by atoms with Gasteiger partial charge in [-0.2, -0.15) is 0 Å². The predicted octanol–water partition coefficient (Wildman–Crippen LogP) is 1.29. The zero-order valence-corrected chi connectivity index (χ0v) is 7.49. The summed E-state index contributed by atoms with van der Waals surface area (Å²) in [6.07, 6.45) is 0. The lowest BCUT2D eigenvalue weighted by molar-refractivity contribution is 0.0527. The number of fused-ring (bicyclic) bond motifs is 1. The number of rotatable bonds is 0. The molecule has 1 heterocycles. The fourth-order valence-corrected chi connectivity index (χ4v) is 1.45. The van der Waals surface area contributed by atoms with Crippen LogP contribution in [-0.4, -0.2) is 26.2 Å². The first kappa shape index (κ1) is 8.10. The second-order valence-corrected chi connectivity index (χ2v) is 3.07. The van der Waals surface area contributed by atoms with Crippen LogP contribution in [0, 0.1) is 0 Å². The first-order valence-corrected chi connectivity index (χ1v) is 4.26. The van der Waals surface area contributed by atoms with E-state index < -0.39 is 0 Å². The Labute approximate surface area is 76.9 Å². The quantitative estimate of drug-likeness (QED) is 0.559. The lowest BCUT2D eigenvalue weighted by Crippen LogP contribution is -2.20. The van der Waals surface area contributed by atoms with Crippen LogP contribution in [0.3, 0.4) is 0 Å². The zero-order chi connectivity index (χ0) is 9.26. The van der Waals surface area contributed by atoms with E-state index in [-0.39, 0.29) is 5.97 Å². The summed E-state index contributed by atoms with van der Waals surface area (Å²) in [6.45, 7) is 1.22. The van der Waals surface area contributed by atoms with Gasteiger partial charge in [0.1, 0.15) is 6.61 Å². The molecule has 0 aliphatic carbocycles. The summed E-state index contributed by atoms with van der Waals surface area (Å²) >= 11 is 0. The molecule has 0 aromatic heterocycles. The summed E-state index contributed by atoms with van der Waals surface area (Å²) < 4.78 is 5.02. The van der Waals surface area contributed by atoms with Gasteiger partial charge in [0.25, 0.3) is 0 Å². The van der Waals surface area contributed by atoms with Crippen LogP contribution in [0.4, 0.5) is 5.69 Å². The Morgan fingerprint density at radius 2 is 2.15 bits per heavy atom. The van der Waals surface area contributed by atoms with Crippen LogP contribution in [0.1, 0.15) is 10.4 Å². The van der Waals surface area contributed by atoms with Gasteiger partial charge >= 0.3 is 5.97 Å². The van der Waals surface area contributed by atoms with Gasteiger partial charge in [-0.15, -0.1) is 0 Å². The van der Waals surface area contributed by atoms with E-state index in [0.29, 0.717) is 12.2 Å². The highest BCUT2D eigenvalue weighted by molar-refractivity contribution is 5.96. The summed E-state index contributed by atoms with van der Waals surface area (Å²) in [5, 5.41) is 0. The van der Waals surface area contributed by atoms with Crippen LogP contribution in [0.2, 0.25) is 0 Å². The molecule has 0 fully saturated rings. The summed E-state index contributed by atoms with van der Waals surface area (Å²) in [5.74, 6) is -0.222. The van der Waals surface area contributed by atoms with Crippen molar-refractivity contribution in [3.05, 3.63) is 29.8 Å². The third-order valence-electron chi connectivity index (χ3n) is 2.20. The molecule has 68 valence electrons. The van der Waals surface area contributed by atoms with E-state index in [1.54, 1.807) is 6.07 Å². The fourth-order valence-electron chi connectivity index (χ4n) is 1.45.